The number of nitrogens with zero attached hydrogens (tertiary/aromatic N) is 2. The second-order valence-electron chi connectivity index (χ2n) is 8.34. The number of ether oxygens (including phenoxy) is 3. The number of benzene rings is 2. The highest BCUT2D eigenvalue weighted by Crippen LogP contribution is 2.33. The Kier molecular flexibility index (Phi) is 9.41. The highest BCUT2D eigenvalue weighted by molar-refractivity contribution is 7.86. The van der Waals surface area contributed by atoms with Gasteiger partial charge in [-0.1, -0.05) is 56.3 Å². The summed E-state index contributed by atoms with van der Waals surface area (Å²) in [6.45, 7) is 6.73. The number of hydrogen-bond donors (Lipinski definition) is 0. The van der Waals surface area contributed by atoms with E-state index in [4.69, 9.17) is 18.5 Å². The van der Waals surface area contributed by atoms with Gasteiger partial charge < -0.3 is 14.2 Å². The van der Waals surface area contributed by atoms with E-state index < -0.39 is 15.9 Å². The second kappa shape index (κ2) is 11.8. The molecule has 8 nitrogen and oxygen atoms in total. The molecule has 0 radical (unpaired) electrons. The Hall–Kier alpha value is -2.93. The Labute approximate surface area is 195 Å². The van der Waals surface area contributed by atoms with Crippen LogP contribution in [0.4, 0.5) is 0 Å². The first kappa shape index (κ1) is 26.3. The lowest BCUT2D eigenvalue weighted by molar-refractivity contribution is 0.171. The Balaban J connectivity index is 2.17. The van der Waals surface area contributed by atoms with Gasteiger partial charge in [-0.15, -0.1) is 0 Å². The number of rotatable bonds is 11. The van der Waals surface area contributed by atoms with Crippen LogP contribution in [0.2, 0.25) is 0 Å². The Morgan fingerprint density at radius 2 is 1.61 bits per heavy atom. The van der Waals surface area contributed by atoms with Crippen LogP contribution >= 0.6 is 0 Å². The lowest BCUT2D eigenvalue weighted by Crippen LogP contribution is -2.18. The van der Waals surface area contributed by atoms with Crippen LogP contribution in [0.5, 0.6) is 5.75 Å². The largest absolute Gasteiger partial charge is 0.492 e. The highest BCUT2D eigenvalue weighted by Gasteiger charge is 2.21. The molecule has 178 valence electrons. The first-order valence-electron chi connectivity index (χ1n) is 10.3. The molecule has 2 aromatic carbocycles. The van der Waals surface area contributed by atoms with Crippen LogP contribution in [0, 0.1) is 11.3 Å². The predicted octanol–water partition coefficient (Wildman–Crippen LogP) is 3.93. The van der Waals surface area contributed by atoms with Gasteiger partial charge in [-0.25, -0.2) is 0 Å². The molecule has 0 bridgehead atoms. The lowest BCUT2D eigenvalue weighted by atomic mass is 9.84. The van der Waals surface area contributed by atoms with Gasteiger partial charge in [-0.05, 0) is 23.1 Å². The van der Waals surface area contributed by atoms with Crippen molar-refractivity contribution in [2.75, 3.05) is 26.6 Å². The average Bonchev–Trinajstić information content (AvgIpc) is 2.76. The van der Waals surface area contributed by atoms with Gasteiger partial charge in [0.25, 0.3) is 0 Å². The molecule has 0 heterocycles. The van der Waals surface area contributed by atoms with Crippen molar-refractivity contribution in [2.45, 2.75) is 39.4 Å². The lowest BCUT2D eigenvalue weighted by Gasteiger charge is -2.24. The summed E-state index contributed by atoms with van der Waals surface area (Å²) in [5.74, 6) is 0.0662. The first-order valence-corrected chi connectivity index (χ1v) is 11.9. The molecule has 2 rings (SSSR count). The SMILES string of the molecule is COCc1cc(C(C)(C)C)cc(COC)c1OCCS(=O)(=O)O/N=C(\C#N)c1ccccc1. The molecular formula is C24H30N2O6S. The molecule has 0 saturated carbocycles. The van der Waals surface area contributed by atoms with Gasteiger partial charge in [-0.3, -0.25) is 4.28 Å². The van der Waals surface area contributed by atoms with Crippen molar-refractivity contribution in [1.29, 1.82) is 5.26 Å². The van der Waals surface area contributed by atoms with E-state index in [9.17, 15) is 13.7 Å². The van der Waals surface area contributed by atoms with Gasteiger partial charge >= 0.3 is 10.1 Å². The molecule has 0 saturated heterocycles. The van der Waals surface area contributed by atoms with Gasteiger partial charge in [0.15, 0.2) is 5.71 Å². The molecule has 0 aliphatic rings. The van der Waals surface area contributed by atoms with Gasteiger partial charge in [0.05, 0.1) is 13.2 Å². The number of methoxy groups -OCH3 is 2. The molecule has 0 aromatic heterocycles. The van der Waals surface area contributed by atoms with E-state index in [1.165, 1.54) is 0 Å². The monoisotopic (exact) mass is 474 g/mol. The van der Waals surface area contributed by atoms with Crippen LogP contribution in [-0.4, -0.2) is 40.7 Å². The number of nitriles is 1. The third-order valence-corrected chi connectivity index (χ3v) is 5.65. The molecule has 0 spiro atoms. The van der Waals surface area contributed by atoms with E-state index >= 15 is 0 Å². The summed E-state index contributed by atoms with van der Waals surface area (Å²) in [4.78, 5) is 0. The first-order chi connectivity index (χ1) is 15.6. The second-order valence-corrected chi connectivity index (χ2v) is 10.0. The molecule has 33 heavy (non-hydrogen) atoms. The average molecular weight is 475 g/mol. The molecule has 9 heteroatoms. The van der Waals surface area contributed by atoms with Crippen LogP contribution in [0.1, 0.15) is 43.0 Å². The van der Waals surface area contributed by atoms with Crippen LogP contribution in [-0.2, 0) is 42.5 Å². The van der Waals surface area contributed by atoms with E-state index in [1.54, 1.807) is 44.6 Å². The molecule has 0 amide bonds. The molecular weight excluding hydrogens is 444 g/mol. The summed E-state index contributed by atoms with van der Waals surface area (Å²) in [5, 5.41) is 12.8. The molecule has 0 atom stereocenters. The van der Waals surface area contributed by atoms with Crippen molar-refractivity contribution >= 4 is 15.8 Å². The van der Waals surface area contributed by atoms with Crippen LogP contribution in [0.25, 0.3) is 0 Å². The van der Waals surface area contributed by atoms with Crippen molar-refractivity contribution < 1.29 is 26.9 Å². The van der Waals surface area contributed by atoms with E-state index in [0.29, 0.717) is 24.5 Å². The van der Waals surface area contributed by atoms with Crippen LogP contribution in [0.3, 0.4) is 0 Å². The molecule has 0 unspecified atom stereocenters. The Morgan fingerprint density at radius 3 is 2.09 bits per heavy atom. The maximum atomic E-state index is 12.3. The summed E-state index contributed by atoms with van der Waals surface area (Å²) in [6, 6.07) is 14.3. The summed E-state index contributed by atoms with van der Waals surface area (Å²) < 4.78 is 45.8. The fraction of sp³-hybridized carbons (Fsp3) is 0.417. The smallest absolute Gasteiger partial charge is 0.331 e. The van der Waals surface area contributed by atoms with E-state index in [1.807, 2.05) is 18.2 Å². The zero-order valence-corrected chi connectivity index (χ0v) is 20.4. The minimum atomic E-state index is -4.07. The van der Waals surface area contributed by atoms with E-state index in [0.717, 1.165) is 16.7 Å². The van der Waals surface area contributed by atoms with Crippen molar-refractivity contribution in [3.63, 3.8) is 0 Å². The van der Waals surface area contributed by atoms with Crippen molar-refractivity contribution in [3.05, 3.63) is 64.7 Å². The summed E-state index contributed by atoms with van der Waals surface area (Å²) in [5.41, 5.74) is 2.90. The highest BCUT2D eigenvalue weighted by atomic mass is 32.2. The van der Waals surface area contributed by atoms with Crippen molar-refractivity contribution in [2.24, 2.45) is 5.16 Å². The zero-order valence-electron chi connectivity index (χ0n) is 19.6. The van der Waals surface area contributed by atoms with E-state index in [-0.39, 0.29) is 17.7 Å². The molecule has 0 aliphatic carbocycles. The quantitative estimate of drug-likeness (QED) is 0.359. The maximum absolute atomic E-state index is 12.3. The fourth-order valence-corrected chi connectivity index (χ4v) is 3.56. The molecule has 0 fully saturated rings. The van der Waals surface area contributed by atoms with Crippen molar-refractivity contribution in [3.8, 4) is 11.8 Å². The minimum Gasteiger partial charge on any atom is -0.492 e. The van der Waals surface area contributed by atoms with Gasteiger partial charge in [0.1, 0.15) is 24.2 Å². The van der Waals surface area contributed by atoms with Crippen LogP contribution in [0.15, 0.2) is 47.6 Å². The van der Waals surface area contributed by atoms with Gasteiger partial charge in [-0.2, -0.15) is 13.7 Å². The topological polar surface area (TPSA) is 107 Å². The molecule has 2 aromatic rings. The van der Waals surface area contributed by atoms with Gasteiger partial charge in [0, 0.05) is 30.9 Å². The molecule has 0 N–H and O–H groups in total. The molecule has 0 aliphatic heterocycles. The maximum Gasteiger partial charge on any atom is 0.331 e. The standard InChI is InChI=1S/C24H30N2O6S/c1-24(2,3)21-13-19(16-29-4)23(20(14-21)17-30-5)31-11-12-33(27,28)32-26-22(15-25)18-9-7-6-8-10-18/h6-10,13-14H,11-12,16-17H2,1-5H3/b26-22+. The van der Waals surface area contributed by atoms with Crippen LogP contribution < -0.4 is 4.74 Å². The Bertz CT molecular complexity index is 1070. The fourth-order valence-electron chi connectivity index (χ4n) is 3.01. The third kappa shape index (κ3) is 7.86. The zero-order chi connectivity index (χ0) is 24.5. The number of hydrogen-bond acceptors (Lipinski definition) is 8. The normalized spacial score (nSPS) is 12.3. The Morgan fingerprint density at radius 1 is 1.03 bits per heavy atom. The van der Waals surface area contributed by atoms with Gasteiger partial charge in [0.2, 0.25) is 0 Å². The predicted molar refractivity (Wildman–Crippen MR) is 126 cm³/mol. The van der Waals surface area contributed by atoms with E-state index in [2.05, 4.69) is 25.9 Å². The van der Waals surface area contributed by atoms with Crippen molar-refractivity contribution in [1.82, 2.24) is 0 Å². The minimum absolute atomic E-state index is 0.101. The summed E-state index contributed by atoms with van der Waals surface area (Å²) in [7, 11) is -0.907. The number of oxime groups is 1. The summed E-state index contributed by atoms with van der Waals surface area (Å²) >= 11 is 0. The summed E-state index contributed by atoms with van der Waals surface area (Å²) in [6.07, 6.45) is 0. The third-order valence-electron chi connectivity index (χ3n) is 4.68.